The Balaban J connectivity index is 1.18. The van der Waals surface area contributed by atoms with Gasteiger partial charge in [0.15, 0.2) is 0 Å². The molecule has 0 aliphatic carbocycles. The first-order valence-electron chi connectivity index (χ1n) is 12.9. The van der Waals surface area contributed by atoms with E-state index in [1.807, 2.05) is 23.4 Å². The second-order valence-corrected chi connectivity index (χ2v) is 10.0. The number of nitriles is 1. The van der Waals surface area contributed by atoms with Gasteiger partial charge >= 0.3 is 0 Å². The molecule has 0 radical (unpaired) electrons. The van der Waals surface area contributed by atoms with E-state index in [1.165, 1.54) is 5.57 Å². The smallest absolute Gasteiger partial charge is 0.272 e. The molecule has 4 aromatic heterocycles. The first-order chi connectivity index (χ1) is 18.7. The summed E-state index contributed by atoms with van der Waals surface area (Å²) in [5.41, 5.74) is 6.01. The molecule has 7 rings (SSSR count). The summed E-state index contributed by atoms with van der Waals surface area (Å²) >= 11 is 0. The number of fused-ring (bicyclic) bond motifs is 3. The van der Waals surface area contributed by atoms with Gasteiger partial charge in [-0.05, 0) is 48.6 Å². The summed E-state index contributed by atoms with van der Waals surface area (Å²) in [6, 6.07) is 8.82. The largest absolute Gasteiger partial charge is 0.377 e. The van der Waals surface area contributed by atoms with Gasteiger partial charge in [-0.1, -0.05) is 6.08 Å². The Hall–Kier alpha value is -4.49. The van der Waals surface area contributed by atoms with Crippen LogP contribution in [0.25, 0.3) is 22.2 Å². The molecule has 38 heavy (non-hydrogen) atoms. The summed E-state index contributed by atoms with van der Waals surface area (Å²) in [6.45, 7) is 2.80. The second kappa shape index (κ2) is 9.11. The Morgan fingerprint density at radius 3 is 2.68 bits per heavy atom. The van der Waals surface area contributed by atoms with Crippen LogP contribution in [-0.4, -0.2) is 73.8 Å². The topological polar surface area (TPSA) is 115 Å². The fourth-order valence-corrected chi connectivity index (χ4v) is 6.05. The van der Waals surface area contributed by atoms with Crippen LogP contribution in [0.4, 0.5) is 5.82 Å². The third-order valence-corrected chi connectivity index (χ3v) is 7.89. The van der Waals surface area contributed by atoms with E-state index in [-0.39, 0.29) is 18.0 Å². The number of nitrogens with one attached hydrogen (secondary N) is 1. The van der Waals surface area contributed by atoms with Crippen molar-refractivity contribution in [1.29, 1.82) is 5.26 Å². The summed E-state index contributed by atoms with van der Waals surface area (Å²) in [4.78, 5) is 29.1. The second-order valence-electron chi connectivity index (χ2n) is 10.0. The van der Waals surface area contributed by atoms with E-state index in [9.17, 15) is 10.1 Å². The molecule has 2 atom stereocenters. The Bertz CT molecular complexity index is 1570. The van der Waals surface area contributed by atoms with E-state index < -0.39 is 0 Å². The van der Waals surface area contributed by atoms with Crippen LogP contribution >= 0.6 is 0 Å². The molecule has 1 N–H and O–H groups in total. The number of aromatic nitrogens is 5. The van der Waals surface area contributed by atoms with Crippen LogP contribution in [-0.2, 0) is 4.74 Å². The zero-order chi connectivity index (χ0) is 25.6. The number of imidazole rings is 1. The molecular weight excluding hydrogens is 480 g/mol. The number of hydrogen-bond acceptors (Lipinski definition) is 7. The third kappa shape index (κ3) is 3.74. The summed E-state index contributed by atoms with van der Waals surface area (Å²) in [6.07, 6.45) is 13.5. The number of ether oxygens (including phenoxy) is 1. The number of hydrogen-bond donors (Lipinski definition) is 1. The number of piperazine rings is 1. The highest BCUT2D eigenvalue weighted by atomic mass is 16.5. The van der Waals surface area contributed by atoms with E-state index in [1.54, 1.807) is 23.2 Å². The molecule has 1 amide bonds. The number of pyridine rings is 2. The number of anilines is 1. The molecule has 10 nitrogen and oxygen atoms in total. The Morgan fingerprint density at radius 2 is 2.00 bits per heavy atom. The number of nitrogens with zero attached hydrogens (tertiary/aromatic N) is 7. The minimum atomic E-state index is 0.0237. The number of amides is 1. The summed E-state index contributed by atoms with van der Waals surface area (Å²) in [5.74, 6) is 0.920. The third-order valence-electron chi connectivity index (χ3n) is 7.89. The number of aromatic amines is 1. The molecule has 0 aromatic carbocycles. The highest BCUT2D eigenvalue weighted by Gasteiger charge is 2.43. The van der Waals surface area contributed by atoms with Crippen molar-refractivity contribution in [2.24, 2.45) is 0 Å². The first kappa shape index (κ1) is 22.7. The van der Waals surface area contributed by atoms with E-state index in [2.05, 4.69) is 44.2 Å². The monoisotopic (exact) mass is 506 g/mol. The van der Waals surface area contributed by atoms with Gasteiger partial charge in [-0.25, -0.2) is 14.5 Å². The standard InChI is InChI=1S/C28H26N8O2/c29-10-21-12-33-35-14-20(18-5-7-38-8-6-18)9-24(27(21)35)19-1-4-26(31-11-19)34-15-22-2-3-23(16-34)36(22)28(37)25-13-30-17-32-25/h1,4-5,9,11-14,17,22-23H,2-3,6-8,15-16H2,(H,30,32). The maximum absolute atomic E-state index is 13.0. The van der Waals surface area contributed by atoms with Crippen molar-refractivity contribution in [3.8, 4) is 17.2 Å². The van der Waals surface area contributed by atoms with E-state index in [4.69, 9.17) is 9.72 Å². The van der Waals surface area contributed by atoms with Crippen LogP contribution in [0.2, 0.25) is 0 Å². The molecule has 190 valence electrons. The average molecular weight is 507 g/mol. The van der Waals surface area contributed by atoms with Gasteiger partial charge in [0.2, 0.25) is 0 Å². The Morgan fingerprint density at radius 1 is 1.13 bits per heavy atom. The summed E-state index contributed by atoms with van der Waals surface area (Å²) < 4.78 is 7.28. The fourth-order valence-electron chi connectivity index (χ4n) is 6.05. The van der Waals surface area contributed by atoms with Gasteiger partial charge in [-0.2, -0.15) is 10.4 Å². The Labute approximate surface area is 219 Å². The van der Waals surface area contributed by atoms with Gasteiger partial charge < -0.3 is 19.5 Å². The SMILES string of the molecule is N#Cc1cnn2cc(C3=CCOCC3)cc(-c3ccc(N4CC5CCC(C4)N5C(=O)c4cnc[nH]4)nc3)c12. The van der Waals surface area contributed by atoms with E-state index in [0.717, 1.165) is 60.4 Å². The van der Waals surface area contributed by atoms with Crippen molar-refractivity contribution >= 4 is 22.8 Å². The molecule has 2 fully saturated rings. The number of carbonyl (C=O) groups excluding carboxylic acids is 1. The van der Waals surface area contributed by atoms with Gasteiger partial charge in [0.05, 0.1) is 55.1 Å². The quantitative estimate of drug-likeness (QED) is 0.452. The summed E-state index contributed by atoms with van der Waals surface area (Å²) in [5, 5.41) is 14.2. The molecule has 3 aliphatic heterocycles. The van der Waals surface area contributed by atoms with Crippen molar-refractivity contribution < 1.29 is 9.53 Å². The van der Waals surface area contributed by atoms with Crippen LogP contribution in [0.3, 0.4) is 0 Å². The minimum absolute atomic E-state index is 0.0237. The van der Waals surface area contributed by atoms with Crippen molar-refractivity contribution in [3.05, 3.63) is 72.2 Å². The van der Waals surface area contributed by atoms with Crippen molar-refractivity contribution in [1.82, 2.24) is 29.5 Å². The molecule has 4 aromatic rings. The van der Waals surface area contributed by atoms with Crippen LogP contribution in [0.5, 0.6) is 0 Å². The highest BCUT2D eigenvalue weighted by Crippen LogP contribution is 2.35. The van der Waals surface area contributed by atoms with Crippen molar-refractivity contribution in [2.45, 2.75) is 31.3 Å². The number of H-pyrrole nitrogens is 1. The number of rotatable bonds is 4. The molecule has 0 spiro atoms. The van der Waals surface area contributed by atoms with Crippen molar-refractivity contribution in [2.75, 3.05) is 31.2 Å². The Kier molecular flexibility index (Phi) is 5.44. The zero-order valence-corrected chi connectivity index (χ0v) is 20.7. The van der Waals surface area contributed by atoms with Crippen LogP contribution in [0, 0.1) is 11.3 Å². The predicted octanol–water partition coefficient (Wildman–Crippen LogP) is 3.29. The lowest BCUT2D eigenvalue weighted by molar-refractivity contribution is 0.0635. The van der Waals surface area contributed by atoms with Gasteiger partial charge in [-0.3, -0.25) is 4.79 Å². The lowest BCUT2D eigenvalue weighted by atomic mass is 9.98. The first-order valence-corrected chi connectivity index (χ1v) is 12.9. The van der Waals surface area contributed by atoms with Gasteiger partial charge in [0.25, 0.3) is 5.91 Å². The van der Waals surface area contributed by atoms with Crippen molar-refractivity contribution in [3.63, 3.8) is 0 Å². The molecule has 3 aliphatic rings. The average Bonchev–Trinajstić information content (AvgIpc) is 3.71. The number of carbonyl (C=O) groups is 1. The maximum Gasteiger partial charge on any atom is 0.272 e. The van der Waals surface area contributed by atoms with E-state index >= 15 is 0 Å². The maximum atomic E-state index is 13.0. The molecule has 0 saturated carbocycles. The zero-order valence-electron chi connectivity index (χ0n) is 20.7. The van der Waals surface area contributed by atoms with Crippen LogP contribution in [0.1, 0.15) is 40.9 Å². The predicted molar refractivity (Wildman–Crippen MR) is 140 cm³/mol. The lowest BCUT2D eigenvalue weighted by Crippen LogP contribution is -2.56. The lowest BCUT2D eigenvalue weighted by Gasteiger charge is -2.41. The van der Waals surface area contributed by atoms with Gasteiger partial charge in [0, 0.05) is 36.6 Å². The normalized spacial score (nSPS) is 21.0. The molecular formula is C28H26N8O2. The summed E-state index contributed by atoms with van der Waals surface area (Å²) in [7, 11) is 0. The van der Waals surface area contributed by atoms with Crippen LogP contribution in [0.15, 0.2) is 55.4 Å². The van der Waals surface area contributed by atoms with Crippen LogP contribution < -0.4 is 4.90 Å². The van der Waals surface area contributed by atoms with Gasteiger partial charge in [-0.15, -0.1) is 0 Å². The molecule has 2 bridgehead atoms. The molecule has 2 unspecified atom stereocenters. The molecule has 7 heterocycles. The minimum Gasteiger partial charge on any atom is -0.377 e. The molecule has 2 saturated heterocycles. The fraction of sp³-hybridized carbons (Fsp3) is 0.321. The van der Waals surface area contributed by atoms with E-state index in [0.29, 0.717) is 24.5 Å². The highest BCUT2D eigenvalue weighted by molar-refractivity contribution is 5.93. The molecule has 10 heteroatoms. The van der Waals surface area contributed by atoms with Gasteiger partial charge in [0.1, 0.15) is 17.6 Å².